The molecule has 4 heteroatoms. The molecule has 1 unspecified atom stereocenters. The van der Waals surface area contributed by atoms with Gasteiger partial charge in [-0.1, -0.05) is 22.0 Å². The maximum absolute atomic E-state index is 6.27. The molecule has 0 bridgehead atoms. The fourth-order valence-corrected chi connectivity index (χ4v) is 3.19. The van der Waals surface area contributed by atoms with Crippen molar-refractivity contribution in [3.05, 3.63) is 56.4 Å². The maximum Gasteiger partial charge on any atom is 0.134 e. The first-order valence-corrected chi connectivity index (χ1v) is 7.31. The van der Waals surface area contributed by atoms with Crippen molar-refractivity contribution in [2.75, 3.05) is 0 Å². The molecule has 3 aromatic rings. The lowest BCUT2D eigenvalue weighted by Crippen LogP contribution is -2.10. The molecule has 2 aromatic heterocycles. The van der Waals surface area contributed by atoms with Crippen molar-refractivity contribution in [2.45, 2.75) is 13.0 Å². The van der Waals surface area contributed by atoms with Gasteiger partial charge in [0.1, 0.15) is 11.3 Å². The van der Waals surface area contributed by atoms with E-state index in [1.54, 1.807) is 11.3 Å². The number of thiophene rings is 1. The maximum atomic E-state index is 6.27. The molecule has 0 spiro atoms. The Morgan fingerprint density at radius 3 is 2.89 bits per heavy atom. The molecule has 0 aliphatic carbocycles. The minimum atomic E-state index is -0.184. The normalized spacial score (nSPS) is 13.1. The van der Waals surface area contributed by atoms with Gasteiger partial charge in [0.15, 0.2) is 0 Å². The number of rotatable bonds is 2. The molecule has 2 nitrogen and oxygen atoms in total. The number of furan rings is 1. The van der Waals surface area contributed by atoms with Crippen molar-refractivity contribution in [2.24, 2.45) is 5.73 Å². The number of aryl methyl sites for hydroxylation is 1. The van der Waals surface area contributed by atoms with E-state index in [2.05, 4.69) is 28.9 Å². The summed E-state index contributed by atoms with van der Waals surface area (Å²) in [6, 6.07) is 9.88. The van der Waals surface area contributed by atoms with E-state index in [1.807, 2.05) is 29.6 Å². The second-order valence-electron chi connectivity index (χ2n) is 4.22. The van der Waals surface area contributed by atoms with Crippen molar-refractivity contribution in [1.82, 2.24) is 0 Å². The van der Waals surface area contributed by atoms with Crippen LogP contribution >= 0.6 is 27.3 Å². The molecule has 0 radical (unpaired) electrons. The highest BCUT2D eigenvalue weighted by Gasteiger charge is 2.19. The van der Waals surface area contributed by atoms with E-state index < -0.39 is 0 Å². The molecule has 0 aliphatic rings. The van der Waals surface area contributed by atoms with Crippen molar-refractivity contribution in [3.63, 3.8) is 0 Å². The van der Waals surface area contributed by atoms with E-state index >= 15 is 0 Å². The second-order valence-corrected chi connectivity index (χ2v) is 6.12. The zero-order chi connectivity index (χ0) is 12.7. The smallest absolute Gasteiger partial charge is 0.134 e. The Balaban J connectivity index is 2.15. The fourth-order valence-electron chi connectivity index (χ4n) is 2.11. The Kier molecular flexibility index (Phi) is 3.01. The zero-order valence-corrected chi connectivity index (χ0v) is 12.2. The number of hydrogen-bond acceptors (Lipinski definition) is 3. The third kappa shape index (κ3) is 1.90. The summed E-state index contributed by atoms with van der Waals surface area (Å²) in [5.74, 6) is 0.852. The first-order valence-electron chi connectivity index (χ1n) is 5.64. The quantitative estimate of drug-likeness (QED) is 0.748. The van der Waals surface area contributed by atoms with Crippen molar-refractivity contribution in [1.29, 1.82) is 0 Å². The Labute approximate surface area is 118 Å². The average molecular weight is 322 g/mol. The molecule has 0 aliphatic heterocycles. The summed E-state index contributed by atoms with van der Waals surface area (Å²) >= 11 is 5.13. The molecule has 3 rings (SSSR count). The van der Waals surface area contributed by atoms with Gasteiger partial charge in [-0.3, -0.25) is 0 Å². The molecule has 0 fully saturated rings. The highest BCUT2D eigenvalue weighted by molar-refractivity contribution is 9.10. The van der Waals surface area contributed by atoms with Gasteiger partial charge in [-0.25, -0.2) is 0 Å². The molecule has 1 aromatic carbocycles. The minimum absolute atomic E-state index is 0.184. The van der Waals surface area contributed by atoms with Gasteiger partial charge in [-0.15, -0.1) is 11.3 Å². The van der Waals surface area contributed by atoms with Gasteiger partial charge in [-0.05, 0) is 36.6 Å². The number of hydrogen-bond donors (Lipinski definition) is 1. The Morgan fingerprint density at radius 1 is 1.33 bits per heavy atom. The highest BCUT2D eigenvalue weighted by Crippen LogP contribution is 2.34. The van der Waals surface area contributed by atoms with E-state index in [-0.39, 0.29) is 6.04 Å². The van der Waals surface area contributed by atoms with E-state index in [9.17, 15) is 0 Å². The molecule has 2 heterocycles. The van der Waals surface area contributed by atoms with Gasteiger partial charge in [0, 0.05) is 20.3 Å². The molecule has 0 amide bonds. The van der Waals surface area contributed by atoms with Crippen molar-refractivity contribution in [3.8, 4) is 0 Å². The van der Waals surface area contributed by atoms with Crippen LogP contribution in [0.4, 0.5) is 0 Å². The van der Waals surface area contributed by atoms with Crippen LogP contribution in [0, 0.1) is 6.92 Å². The first-order chi connectivity index (χ1) is 8.66. The van der Waals surface area contributed by atoms with Crippen LogP contribution in [0.3, 0.4) is 0 Å². The molecule has 1 atom stereocenters. The summed E-state index contributed by atoms with van der Waals surface area (Å²) in [5.41, 5.74) is 8.27. The molecule has 92 valence electrons. The van der Waals surface area contributed by atoms with Crippen LogP contribution in [0.2, 0.25) is 0 Å². The van der Waals surface area contributed by atoms with Crippen LogP contribution in [0.25, 0.3) is 11.0 Å². The Morgan fingerprint density at radius 2 is 2.17 bits per heavy atom. The number of halogens is 1. The van der Waals surface area contributed by atoms with E-state index in [4.69, 9.17) is 10.2 Å². The van der Waals surface area contributed by atoms with Crippen LogP contribution in [-0.4, -0.2) is 0 Å². The second kappa shape index (κ2) is 4.53. The molecule has 2 N–H and O–H groups in total. The third-order valence-electron chi connectivity index (χ3n) is 3.07. The summed E-state index contributed by atoms with van der Waals surface area (Å²) in [6.45, 7) is 2.06. The Hall–Kier alpha value is -1.10. The minimum Gasteiger partial charge on any atom is -0.459 e. The standard InChI is InChI=1S/C14H12BrNOS/c1-8-10-7-9(15)4-5-11(10)17-14(8)13(16)12-3-2-6-18-12/h2-7,13H,16H2,1H3. The van der Waals surface area contributed by atoms with Crippen LogP contribution in [-0.2, 0) is 0 Å². The van der Waals surface area contributed by atoms with Gasteiger partial charge >= 0.3 is 0 Å². The average Bonchev–Trinajstić information content (AvgIpc) is 2.98. The van der Waals surface area contributed by atoms with Gasteiger partial charge in [0.25, 0.3) is 0 Å². The molecular formula is C14H12BrNOS. The van der Waals surface area contributed by atoms with E-state index in [1.165, 1.54) is 0 Å². The lowest BCUT2D eigenvalue weighted by Gasteiger charge is -2.06. The largest absolute Gasteiger partial charge is 0.459 e. The molecular weight excluding hydrogens is 310 g/mol. The van der Waals surface area contributed by atoms with Crippen LogP contribution in [0.15, 0.2) is 44.6 Å². The topological polar surface area (TPSA) is 39.2 Å². The summed E-state index contributed by atoms with van der Waals surface area (Å²) in [6.07, 6.45) is 0. The third-order valence-corrected chi connectivity index (χ3v) is 4.52. The molecule has 0 saturated carbocycles. The summed E-state index contributed by atoms with van der Waals surface area (Å²) in [5, 5.41) is 3.15. The SMILES string of the molecule is Cc1c(C(N)c2cccs2)oc2ccc(Br)cc12. The Bertz CT molecular complexity index is 687. The monoisotopic (exact) mass is 321 g/mol. The summed E-state index contributed by atoms with van der Waals surface area (Å²) in [4.78, 5) is 1.12. The van der Waals surface area contributed by atoms with E-state index in [0.717, 1.165) is 31.6 Å². The lowest BCUT2D eigenvalue weighted by atomic mass is 10.1. The predicted molar refractivity (Wildman–Crippen MR) is 79.0 cm³/mol. The number of fused-ring (bicyclic) bond motifs is 1. The highest BCUT2D eigenvalue weighted by atomic mass is 79.9. The van der Waals surface area contributed by atoms with Crippen LogP contribution < -0.4 is 5.73 Å². The van der Waals surface area contributed by atoms with Crippen LogP contribution in [0.5, 0.6) is 0 Å². The van der Waals surface area contributed by atoms with Crippen LogP contribution in [0.1, 0.15) is 22.2 Å². The van der Waals surface area contributed by atoms with Gasteiger partial charge in [0.05, 0.1) is 6.04 Å². The number of nitrogens with two attached hydrogens (primary N) is 1. The van der Waals surface area contributed by atoms with Crippen molar-refractivity contribution < 1.29 is 4.42 Å². The van der Waals surface area contributed by atoms with Gasteiger partial charge in [0.2, 0.25) is 0 Å². The summed E-state index contributed by atoms with van der Waals surface area (Å²) in [7, 11) is 0. The molecule has 0 saturated heterocycles. The fraction of sp³-hybridized carbons (Fsp3) is 0.143. The molecule has 18 heavy (non-hydrogen) atoms. The summed E-state index contributed by atoms with van der Waals surface area (Å²) < 4.78 is 6.95. The predicted octanol–water partition coefficient (Wildman–Crippen LogP) is 4.61. The van der Waals surface area contributed by atoms with Gasteiger partial charge in [-0.2, -0.15) is 0 Å². The van der Waals surface area contributed by atoms with Crippen molar-refractivity contribution >= 4 is 38.2 Å². The number of benzene rings is 1. The zero-order valence-electron chi connectivity index (χ0n) is 9.81. The first kappa shape index (κ1) is 12.0. The lowest BCUT2D eigenvalue weighted by molar-refractivity contribution is 0.524. The van der Waals surface area contributed by atoms with E-state index in [0.29, 0.717) is 0 Å². The van der Waals surface area contributed by atoms with Gasteiger partial charge < -0.3 is 10.2 Å².